The van der Waals surface area contributed by atoms with Crippen molar-refractivity contribution in [2.45, 2.75) is 32.7 Å². The van der Waals surface area contributed by atoms with E-state index in [1.807, 2.05) is 0 Å². The number of likely N-dealkylation sites (N-methyl/N-ethyl adjacent to an activating group) is 1. The largest absolute Gasteiger partial charge is 0.313 e. The molecule has 0 aliphatic heterocycles. The van der Waals surface area contributed by atoms with Gasteiger partial charge < -0.3 is 15.1 Å². The molecule has 0 aliphatic carbocycles. The number of hydrogen-bond donors (Lipinski definition) is 1. The molecule has 0 fully saturated rings. The van der Waals surface area contributed by atoms with Gasteiger partial charge in [-0.05, 0) is 60.5 Å². The second-order valence-electron chi connectivity index (χ2n) is 4.77. The van der Waals surface area contributed by atoms with Crippen LogP contribution in [0.25, 0.3) is 0 Å². The van der Waals surface area contributed by atoms with Crippen LogP contribution in [0.4, 0.5) is 0 Å². The van der Waals surface area contributed by atoms with E-state index in [1.54, 1.807) is 0 Å². The highest BCUT2D eigenvalue weighted by atomic mass is 15.1. The first-order valence-corrected chi connectivity index (χ1v) is 6.13. The third kappa shape index (κ3) is 10.2. The van der Waals surface area contributed by atoms with Gasteiger partial charge in [0.1, 0.15) is 0 Å². The lowest BCUT2D eigenvalue weighted by Gasteiger charge is -2.22. The van der Waals surface area contributed by atoms with Crippen LogP contribution in [0, 0.1) is 0 Å². The number of nitrogens with zero attached hydrogens (tertiary/aromatic N) is 2. The van der Waals surface area contributed by atoms with Crippen molar-refractivity contribution in [3.05, 3.63) is 0 Å². The molecule has 0 rings (SSSR count). The molecule has 0 radical (unpaired) electrons. The standard InChI is InChI=1S/C12H29N3/c1-6-8-13-12(2)11-15(5)10-7-9-14(3)4/h12-13H,6-11H2,1-5H3. The maximum absolute atomic E-state index is 3.51. The molecule has 3 nitrogen and oxygen atoms in total. The summed E-state index contributed by atoms with van der Waals surface area (Å²) in [6, 6.07) is 0.606. The van der Waals surface area contributed by atoms with E-state index in [4.69, 9.17) is 0 Å². The van der Waals surface area contributed by atoms with E-state index < -0.39 is 0 Å². The molecule has 0 spiro atoms. The van der Waals surface area contributed by atoms with Crippen molar-refractivity contribution in [1.29, 1.82) is 0 Å². The van der Waals surface area contributed by atoms with E-state index in [-0.39, 0.29) is 0 Å². The van der Waals surface area contributed by atoms with Gasteiger partial charge >= 0.3 is 0 Å². The summed E-state index contributed by atoms with van der Waals surface area (Å²) >= 11 is 0. The smallest absolute Gasteiger partial charge is 0.0166 e. The Hall–Kier alpha value is -0.120. The lowest BCUT2D eigenvalue weighted by molar-refractivity contribution is 0.275. The molecule has 0 aromatic carbocycles. The zero-order valence-corrected chi connectivity index (χ0v) is 11.2. The van der Waals surface area contributed by atoms with Crippen molar-refractivity contribution < 1.29 is 0 Å². The van der Waals surface area contributed by atoms with E-state index in [9.17, 15) is 0 Å². The number of hydrogen-bond acceptors (Lipinski definition) is 3. The van der Waals surface area contributed by atoms with Gasteiger partial charge in [0, 0.05) is 12.6 Å². The molecule has 0 bridgehead atoms. The first-order chi connectivity index (χ1) is 7.06. The molecular formula is C12H29N3. The van der Waals surface area contributed by atoms with Gasteiger partial charge in [0.15, 0.2) is 0 Å². The minimum absolute atomic E-state index is 0.606. The fourth-order valence-corrected chi connectivity index (χ4v) is 1.67. The van der Waals surface area contributed by atoms with Crippen LogP contribution < -0.4 is 5.32 Å². The SMILES string of the molecule is CCCNC(C)CN(C)CCCN(C)C. The summed E-state index contributed by atoms with van der Waals surface area (Å²) in [7, 11) is 6.47. The minimum atomic E-state index is 0.606. The predicted molar refractivity (Wildman–Crippen MR) is 68.4 cm³/mol. The van der Waals surface area contributed by atoms with Crippen LogP contribution in [-0.2, 0) is 0 Å². The highest BCUT2D eigenvalue weighted by molar-refractivity contribution is 4.65. The maximum atomic E-state index is 3.51. The van der Waals surface area contributed by atoms with Crippen molar-refractivity contribution in [1.82, 2.24) is 15.1 Å². The molecule has 0 aromatic heterocycles. The zero-order valence-electron chi connectivity index (χ0n) is 11.2. The first-order valence-electron chi connectivity index (χ1n) is 6.13. The van der Waals surface area contributed by atoms with Gasteiger partial charge in [0.05, 0.1) is 0 Å². The average Bonchev–Trinajstić information content (AvgIpc) is 2.14. The second-order valence-corrected chi connectivity index (χ2v) is 4.77. The van der Waals surface area contributed by atoms with Gasteiger partial charge in [-0.3, -0.25) is 0 Å². The Kier molecular flexibility index (Phi) is 9.06. The Morgan fingerprint density at radius 2 is 1.80 bits per heavy atom. The minimum Gasteiger partial charge on any atom is -0.313 e. The molecule has 1 atom stereocenters. The summed E-state index contributed by atoms with van der Waals surface area (Å²) in [6.07, 6.45) is 2.47. The van der Waals surface area contributed by atoms with E-state index in [1.165, 1.54) is 25.9 Å². The average molecular weight is 215 g/mol. The fourth-order valence-electron chi connectivity index (χ4n) is 1.67. The van der Waals surface area contributed by atoms with Crippen LogP contribution in [0.15, 0.2) is 0 Å². The van der Waals surface area contributed by atoms with Crippen LogP contribution in [0.2, 0.25) is 0 Å². The van der Waals surface area contributed by atoms with Gasteiger partial charge in [-0.2, -0.15) is 0 Å². The molecular weight excluding hydrogens is 186 g/mol. The fraction of sp³-hybridized carbons (Fsp3) is 1.00. The van der Waals surface area contributed by atoms with Crippen molar-refractivity contribution in [3.8, 4) is 0 Å². The summed E-state index contributed by atoms with van der Waals surface area (Å²) in [5.74, 6) is 0. The molecule has 0 saturated carbocycles. The quantitative estimate of drug-likeness (QED) is 0.625. The van der Waals surface area contributed by atoms with Gasteiger partial charge in [0.25, 0.3) is 0 Å². The van der Waals surface area contributed by atoms with E-state index in [0.717, 1.165) is 13.1 Å². The van der Waals surface area contributed by atoms with Crippen molar-refractivity contribution in [2.24, 2.45) is 0 Å². The van der Waals surface area contributed by atoms with E-state index in [0.29, 0.717) is 6.04 Å². The van der Waals surface area contributed by atoms with Crippen LogP contribution >= 0.6 is 0 Å². The highest BCUT2D eigenvalue weighted by Gasteiger charge is 2.04. The summed E-state index contributed by atoms with van der Waals surface area (Å²) in [5, 5.41) is 3.51. The summed E-state index contributed by atoms with van der Waals surface area (Å²) < 4.78 is 0. The number of nitrogens with one attached hydrogen (secondary N) is 1. The molecule has 0 saturated heterocycles. The van der Waals surface area contributed by atoms with Gasteiger partial charge in [-0.15, -0.1) is 0 Å². The lowest BCUT2D eigenvalue weighted by Crippen LogP contribution is -2.38. The third-order valence-electron chi connectivity index (χ3n) is 2.47. The molecule has 1 unspecified atom stereocenters. The number of rotatable bonds is 9. The Labute approximate surface area is 95.8 Å². The van der Waals surface area contributed by atoms with Crippen LogP contribution in [0.3, 0.4) is 0 Å². The van der Waals surface area contributed by atoms with Gasteiger partial charge in [-0.25, -0.2) is 0 Å². The molecule has 0 amide bonds. The Balaban J connectivity index is 3.42. The monoisotopic (exact) mass is 215 g/mol. The molecule has 0 aliphatic rings. The van der Waals surface area contributed by atoms with E-state index >= 15 is 0 Å². The predicted octanol–water partition coefficient (Wildman–Crippen LogP) is 1.26. The maximum Gasteiger partial charge on any atom is 0.0166 e. The van der Waals surface area contributed by atoms with Crippen molar-refractivity contribution in [2.75, 3.05) is 47.3 Å². The zero-order chi connectivity index (χ0) is 11.7. The Morgan fingerprint density at radius 1 is 1.13 bits per heavy atom. The van der Waals surface area contributed by atoms with E-state index in [2.05, 4.69) is 50.1 Å². The van der Waals surface area contributed by atoms with Gasteiger partial charge in [-0.1, -0.05) is 6.92 Å². The second kappa shape index (κ2) is 9.13. The van der Waals surface area contributed by atoms with Crippen LogP contribution in [-0.4, -0.2) is 63.2 Å². The lowest BCUT2D eigenvalue weighted by atomic mass is 10.3. The summed E-state index contributed by atoms with van der Waals surface area (Å²) in [6.45, 7) is 9.12. The highest BCUT2D eigenvalue weighted by Crippen LogP contribution is 1.92. The van der Waals surface area contributed by atoms with Gasteiger partial charge in [0.2, 0.25) is 0 Å². The molecule has 92 valence electrons. The summed E-state index contributed by atoms with van der Waals surface area (Å²) in [5.41, 5.74) is 0. The Bertz CT molecular complexity index is 137. The normalized spacial score (nSPS) is 13.8. The third-order valence-corrected chi connectivity index (χ3v) is 2.47. The molecule has 15 heavy (non-hydrogen) atoms. The van der Waals surface area contributed by atoms with Crippen molar-refractivity contribution >= 4 is 0 Å². The molecule has 3 heteroatoms. The summed E-state index contributed by atoms with van der Waals surface area (Å²) in [4.78, 5) is 4.66. The molecule has 0 heterocycles. The van der Waals surface area contributed by atoms with Crippen molar-refractivity contribution in [3.63, 3.8) is 0 Å². The van der Waals surface area contributed by atoms with Crippen LogP contribution in [0.5, 0.6) is 0 Å². The topological polar surface area (TPSA) is 18.5 Å². The Morgan fingerprint density at radius 3 is 2.33 bits per heavy atom. The molecule has 0 aromatic rings. The first kappa shape index (κ1) is 14.9. The van der Waals surface area contributed by atoms with Crippen LogP contribution in [0.1, 0.15) is 26.7 Å². The molecule has 1 N–H and O–H groups in total.